The summed E-state index contributed by atoms with van der Waals surface area (Å²) in [7, 11) is 3.14. The van der Waals surface area contributed by atoms with E-state index in [1.807, 2.05) is 18.2 Å². The smallest absolute Gasteiger partial charge is 0.416 e. The van der Waals surface area contributed by atoms with Gasteiger partial charge in [0.15, 0.2) is 0 Å². The first-order valence-corrected chi connectivity index (χ1v) is 8.83. The number of hydrogen-bond donors (Lipinski definition) is 0. The maximum atomic E-state index is 13.0. The minimum absolute atomic E-state index is 0.565. The molecule has 6 heteroatoms. The Labute approximate surface area is 165 Å². The van der Waals surface area contributed by atoms with Gasteiger partial charge in [0.2, 0.25) is 0 Å². The van der Waals surface area contributed by atoms with Crippen molar-refractivity contribution in [3.63, 3.8) is 0 Å². The molecule has 0 atom stereocenters. The fraction of sp³-hybridized carbons (Fsp3) is 0.130. The first kappa shape index (κ1) is 18.9. The lowest BCUT2D eigenvalue weighted by Gasteiger charge is -2.09. The van der Waals surface area contributed by atoms with Crippen molar-refractivity contribution < 1.29 is 27.1 Å². The van der Waals surface area contributed by atoms with Gasteiger partial charge in [0.05, 0.1) is 19.8 Å². The van der Waals surface area contributed by atoms with E-state index in [1.54, 1.807) is 38.5 Å². The van der Waals surface area contributed by atoms with E-state index in [0.29, 0.717) is 28.4 Å². The summed E-state index contributed by atoms with van der Waals surface area (Å²) in [4.78, 5) is 0. The molecule has 29 heavy (non-hydrogen) atoms. The van der Waals surface area contributed by atoms with Gasteiger partial charge < -0.3 is 13.9 Å². The van der Waals surface area contributed by atoms with E-state index < -0.39 is 11.7 Å². The SMILES string of the molecule is COc1ccc(-c2oc3cc(OC)ccc3c2-c2ccc(C(F)(F)F)cc2)cc1. The van der Waals surface area contributed by atoms with E-state index in [0.717, 1.165) is 28.6 Å². The number of rotatable bonds is 4. The minimum Gasteiger partial charge on any atom is -0.497 e. The second-order valence-corrected chi connectivity index (χ2v) is 6.47. The van der Waals surface area contributed by atoms with E-state index in [4.69, 9.17) is 13.9 Å². The average molecular weight is 398 g/mol. The molecule has 0 saturated carbocycles. The maximum Gasteiger partial charge on any atom is 0.416 e. The summed E-state index contributed by atoms with van der Waals surface area (Å²) in [5.74, 6) is 1.89. The summed E-state index contributed by atoms with van der Waals surface area (Å²) in [6.45, 7) is 0. The second-order valence-electron chi connectivity index (χ2n) is 6.47. The number of methoxy groups -OCH3 is 2. The molecule has 0 spiro atoms. The van der Waals surface area contributed by atoms with Crippen molar-refractivity contribution in [2.75, 3.05) is 14.2 Å². The van der Waals surface area contributed by atoms with Crippen LogP contribution >= 0.6 is 0 Å². The van der Waals surface area contributed by atoms with Gasteiger partial charge in [-0.15, -0.1) is 0 Å². The summed E-state index contributed by atoms with van der Waals surface area (Å²) < 4.78 is 55.5. The predicted molar refractivity (Wildman–Crippen MR) is 105 cm³/mol. The highest BCUT2D eigenvalue weighted by Crippen LogP contribution is 2.43. The van der Waals surface area contributed by atoms with Gasteiger partial charge in [0.25, 0.3) is 0 Å². The van der Waals surface area contributed by atoms with E-state index >= 15 is 0 Å². The van der Waals surface area contributed by atoms with Crippen LogP contribution in [0.25, 0.3) is 33.4 Å². The van der Waals surface area contributed by atoms with Crippen LogP contribution in [0.3, 0.4) is 0 Å². The fourth-order valence-electron chi connectivity index (χ4n) is 3.26. The van der Waals surface area contributed by atoms with Crippen LogP contribution in [-0.2, 0) is 6.18 Å². The number of furan rings is 1. The van der Waals surface area contributed by atoms with Gasteiger partial charge in [-0.2, -0.15) is 13.2 Å². The lowest BCUT2D eigenvalue weighted by atomic mass is 9.97. The minimum atomic E-state index is -4.39. The molecule has 0 fully saturated rings. The van der Waals surface area contributed by atoms with E-state index in [9.17, 15) is 13.2 Å². The Kier molecular flexibility index (Phi) is 4.70. The number of alkyl halides is 3. The van der Waals surface area contributed by atoms with Gasteiger partial charge in [-0.1, -0.05) is 12.1 Å². The molecular formula is C23H17F3O3. The largest absolute Gasteiger partial charge is 0.497 e. The summed E-state index contributed by atoms with van der Waals surface area (Å²) in [6.07, 6.45) is -4.39. The number of halogens is 3. The lowest BCUT2D eigenvalue weighted by molar-refractivity contribution is -0.137. The molecule has 0 aliphatic heterocycles. The summed E-state index contributed by atoms with van der Waals surface area (Å²) in [5, 5.41) is 0.788. The van der Waals surface area contributed by atoms with E-state index in [2.05, 4.69) is 0 Å². The molecule has 0 radical (unpaired) electrons. The topological polar surface area (TPSA) is 31.6 Å². The van der Waals surface area contributed by atoms with Gasteiger partial charge in [-0.05, 0) is 54.1 Å². The second kappa shape index (κ2) is 7.20. The van der Waals surface area contributed by atoms with Crippen LogP contribution in [0.15, 0.2) is 71.1 Å². The Morgan fingerprint density at radius 1 is 0.724 bits per heavy atom. The highest BCUT2D eigenvalue weighted by atomic mass is 19.4. The van der Waals surface area contributed by atoms with Gasteiger partial charge >= 0.3 is 6.18 Å². The van der Waals surface area contributed by atoms with Crippen LogP contribution in [0.4, 0.5) is 13.2 Å². The highest BCUT2D eigenvalue weighted by Gasteiger charge is 2.30. The first-order valence-electron chi connectivity index (χ1n) is 8.83. The zero-order chi connectivity index (χ0) is 20.6. The summed E-state index contributed by atoms with van der Waals surface area (Å²) in [6, 6.07) is 17.8. The van der Waals surface area contributed by atoms with E-state index in [1.165, 1.54) is 12.1 Å². The number of ether oxygens (including phenoxy) is 2. The number of benzene rings is 3. The fourth-order valence-corrected chi connectivity index (χ4v) is 3.26. The van der Waals surface area contributed by atoms with Gasteiger partial charge in [-0.3, -0.25) is 0 Å². The quantitative estimate of drug-likeness (QED) is 0.379. The van der Waals surface area contributed by atoms with Crippen molar-refractivity contribution in [2.24, 2.45) is 0 Å². The average Bonchev–Trinajstić information content (AvgIpc) is 3.11. The number of hydrogen-bond acceptors (Lipinski definition) is 3. The van der Waals surface area contributed by atoms with Crippen LogP contribution in [0.2, 0.25) is 0 Å². The van der Waals surface area contributed by atoms with Crippen LogP contribution in [0.5, 0.6) is 11.5 Å². The van der Waals surface area contributed by atoms with Crippen molar-refractivity contribution in [2.45, 2.75) is 6.18 Å². The summed E-state index contributed by atoms with van der Waals surface area (Å²) in [5.41, 5.74) is 2.04. The molecule has 3 nitrogen and oxygen atoms in total. The van der Waals surface area contributed by atoms with Crippen LogP contribution in [0, 0.1) is 0 Å². The molecular weight excluding hydrogens is 381 g/mol. The Balaban J connectivity index is 1.92. The first-order chi connectivity index (χ1) is 13.9. The van der Waals surface area contributed by atoms with Crippen molar-refractivity contribution in [3.8, 4) is 33.9 Å². The van der Waals surface area contributed by atoms with E-state index in [-0.39, 0.29) is 0 Å². The molecule has 0 aliphatic rings. The van der Waals surface area contributed by atoms with Crippen LogP contribution < -0.4 is 9.47 Å². The molecule has 4 aromatic rings. The molecule has 4 rings (SSSR count). The summed E-state index contributed by atoms with van der Waals surface area (Å²) >= 11 is 0. The maximum absolute atomic E-state index is 13.0. The van der Waals surface area contributed by atoms with Crippen LogP contribution in [0.1, 0.15) is 5.56 Å². The Morgan fingerprint density at radius 3 is 1.90 bits per heavy atom. The number of fused-ring (bicyclic) bond motifs is 1. The Morgan fingerprint density at radius 2 is 1.31 bits per heavy atom. The highest BCUT2D eigenvalue weighted by molar-refractivity contribution is 6.02. The van der Waals surface area contributed by atoms with Crippen molar-refractivity contribution >= 4 is 11.0 Å². The molecule has 1 aromatic heterocycles. The van der Waals surface area contributed by atoms with Gasteiger partial charge in [0, 0.05) is 22.6 Å². The van der Waals surface area contributed by atoms with Gasteiger partial charge in [0.1, 0.15) is 22.8 Å². The third-order valence-electron chi connectivity index (χ3n) is 4.75. The zero-order valence-electron chi connectivity index (χ0n) is 15.7. The monoisotopic (exact) mass is 398 g/mol. The molecule has 0 saturated heterocycles. The molecule has 0 aliphatic carbocycles. The molecule has 0 N–H and O–H groups in total. The molecule has 0 bridgehead atoms. The third kappa shape index (κ3) is 3.53. The zero-order valence-corrected chi connectivity index (χ0v) is 15.7. The van der Waals surface area contributed by atoms with Gasteiger partial charge in [-0.25, -0.2) is 0 Å². The molecule has 148 valence electrons. The standard InChI is InChI=1S/C23H17F3O3/c1-27-17-9-5-15(6-10-17)22-21(14-3-7-16(8-4-14)23(24,25)26)19-12-11-18(28-2)13-20(19)29-22/h3-13H,1-2H3. The van der Waals surface area contributed by atoms with Crippen molar-refractivity contribution in [3.05, 3.63) is 72.3 Å². The molecule has 0 amide bonds. The Hall–Kier alpha value is -3.41. The molecule has 0 unspecified atom stereocenters. The third-order valence-corrected chi connectivity index (χ3v) is 4.75. The van der Waals surface area contributed by atoms with Crippen molar-refractivity contribution in [1.29, 1.82) is 0 Å². The molecule has 3 aromatic carbocycles. The van der Waals surface area contributed by atoms with Crippen LogP contribution in [-0.4, -0.2) is 14.2 Å². The molecule has 1 heterocycles. The normalized spacial score (nSPS) is 11.6. The van der Waals surface area contributed by atoms with Crippen molar-refractivity contribution in [1.82, 2.24) is 0 Å². The Bertz CT molecular complexity index is 1140. The predicted octanol–water partition coefficient (Wildman–Crippen LogP) is 6.80. The lowest BCUT2D eigenvalue weighted by Crippen LogP contribution is -2.04.